The molecule has 1 fully saturated rings. The minimum atomic E-state index is -3.45. The second-order valence-electron chi connectivity index (χ2n) is 6.49. The van der Waals surface area contributed by atoms with Crippen LogP contribution < -0.4 is 4.72 Å². The summed E-state index contributed by atoms with van der Waals surface area (Å²) in [7, 11) is -1.86. The van der Waals surface area contributed by atoms with Gasteiger partial charge in [-0.25, -0.2) is 4.72 Å². The van der Waals surface area contributed by atoms with Crippen molar-refractivity contribution in [3.63, 3.8) is 0 Å². The van der Waals surface area contributed by atoms with Crippen LogP contribution in [0.3, 0.4) is 0 Å². The van der Waals surface area contributed by atoms with Crippen LogP contribution in [-0.4, -0.2) is 62.6 Å². The van der Waals surface area contributed by atoms with Crippen LogP contribution in [0.1, 0.15) is 24.8 Å². The molecule has 0 unspecified atom stereocenters. The van der Waals surface area contributed by atoms with E-state index in [0.717, 1.165) is 44.5 Å². The third-order valence-corrected chi connectivity index (χ3v) is 5.97. The van der Waals surface area contributed by atoms with E-state index in [1.54, 1.807) is 7.05 Å². The SMILES string of the molecule is CN(Cc1ccccc1)S(=O)(=O)NCCCN1CCC[C@H](CO)C1. The first-order chi connectivity index (χ1) is 11.5. The van der Waals surface area contributed by atoms with E-state index in [1.807, 2.05) is 30.3 Å². The van der Waals surface area contributed by atoms with Gasteiger partial charge in [-0.1, -0.05) is 30.3 Å². The number of hydrogen-bond acceptors (Lipinski definition) is 4. The fraction of sp³-hybridized carbons (Fsp3) is 0.647. The Kier molecular flexibility index (Phi) is 7.64. The second kappa shape index (κ2) is 9.48. The van der Waals surface area contributed by atoms with Crippen molar-refractivity contribution in [1.82, 2.24) is 13.9 Å². The highest BCUT2D eigenvalue weighted by Gasteiger charge is 2.20. The number of aliphatic hydroxyl groups excluding tert-OH is 1. The lowest BCUT2D eigenvalue weighted by Gasteiger charge is -2.31. The van der Waals surface area contributed by atoms with Gasteiger partial charge in [-0.15, -0.1) is 0 Å². The lowest BCUT2D eigenvalue weighted by atomic mass is 9.99. The molecule has 0 amide bonds. The van der Waals surface area contributed by atoms with Crippen LogP contribution in [0.25, 0.3) is 0 Å². The highest BCUT2D eigenvalue weighted by molar-refractivity contribution is 7.87. The quantitative estimate of drug-likeness (QED) is 0.650. The lowest BCUT2D eigenvalue weighted by molar-refractivity contribution is 0.120. The fourth-order valence-electron chi connectivity index (χ4n) is 3.04. The van der Waals surface area contributed by atoms with Gasteiger partial charge >= 0.3 is 0 Å². The maximum atomic E-state index is 12.3. The Balaban J connectivity index is 1.70. The lowest BCUT2D eigenvalue weighted by Crippen LogP contribution is -2.41. The van der Waals surface area contributed by atoms with E-state index in [1.165, 1.54) is 4.31 Å². The second-order valence-corrected chi connectivity index (χ2v) is 8.35. The molecule has 0 aliphatic carbocycles. The van der Waals surface area contributed by atoms with Crippen molar-refractivity contribution < 1.29 is 13.5 Å². The number of aliphatic hydroxyl groups is 1. The molecule has 6 nitrogen and oxygen atoms in total. The Morgan fingerprint density at radius 3 is 2.79 bits per heavy atom. The molecular weight excluding hydrogens is 326 g/mol. The Labute approximate surface area is 145 Å². The monoisotopic (exact) mass is 355 g/mol. The van der Waals surface area contributed by atoms with Crippen molar-refractivity contribution in [3.8, 4) is 0 Å². The summed E-state index contributed by atoms with van der Waals surface area (Å²) in [5.41, 5.74) is 0.966. The summed E-state index contributed by atoms with van der Waals surface area (Å²) in [5, 5.41) is 9.25. The van der Waals surface area contributed by atoms with Crippen molar-refractivity contribution in [2.75, 3.05) is 39.8 Å². The molecule has 1 aliphatic rings. The summed E-state index contributed by atoms with van der Waals surface area (Å²) < 4.78 is 28.5. The number of likely N-dealkylation sites (tertiary alicyclic amines) is 1. The zero-order chi connectivity index (χ0) is 17.4. The molecule has 136 valence electrons. The Morgan fingerprint density at radius 2 is 2.08 bits per heavy atom. The normalized spacial score (nSPS) is 19.7. The minimum Gasteiger partial charge on any atom is -0.396 e. The van der Waals surface area contributed by atoms with Crippen LogP contribution in [-0.2, 0) is 16.8 Å². The summed E-state index contributed by atoms with van der Waals surface area (Å²) in [6.07, 6.45) is 2.97. The summed E-state index contributed by atoms with van der Waals surface area (Å²) in [4.78, 5) is 2.31. The van der Waals surface area contributed by atoms with E-state index in [-0.39, 0.29) is 6.61 Å². The summed E-state index contributed by atoms with van der Waals surface area (Å²) >= 11 is 0. The molecule has 0 saturated carbocycles. The van der Waals surface area contributed by atoms with Crippen molar-refractivity contribution in [2.45, 2.75) is 25.8 Å². The maximum Gasteiger partial charge on any atom is 0.279 e. The molecule has 0 spiro atoms. The molecule has 24 heavy (non-hydrogen) atoms. The Morgan fingerprint density at radius 1 is 1.33 bits per heavy atom. The van der Waals surface area contributed by atoms with Gasteiger partial charge in [0, 0.05) is 33.3 Å². The first kappa shape index (κ1) is 19.3. The van der Waals surface area contributed by atoms with E-state index in [4.69, 9.17) is 0 Å². The van der Waals surface area contributed by atoms with Gasteiger partial charge in [-0.3, -0.25) is 0 Å². The Bertz CT molecular complexity index is 580. The molecule has 2 N–H and O–H groups in total. The molecule has 0 radical (unpaired) electrons. The van der Waals surface area contributed by atoms with Gasteiger partial charge in [0.25, 0.3) is 10.2 Å². The molecule has 1 saturated heterocycles. The van der Waals surface area contributed by atoms with Crippen LogP contribution in [0.15, 0.2) is 30.3 Å². The number of benzene rings is 1. The van der Waals surface area contributed by atoms with E-state index < -0.39 is 10.2 Å². The molecule has 0 bridgehead atoms. The van der Waals surface area contributed by atoms with Crippen molar-refractivity contribution in [2.24, 2.45) is 5.92 Å². The highest BCUT2D eigenvalue weighted by Crippen LogP contribution is 2.15. The van der Waals surface area contributed by atoms with Crippen LogP contribution in [0, 0.1) is 5.92 Å². The first-order valence-electron chi connectivity index (χ1n) is 8.59. The van der Waals surface area contributed by atoms with Gasteiger partial charge in [-0.2, -0.15) is 12.7 Å². The first-order valence-corrected chi connectivity index (χ1v) is 10.0. The zero-order valence-electron chi connectivity index (χ0n) is 14.4. The zero-order valence-corrected chi connectivity index (χ0v) is 15.2. The number of nitrogens with zero attached hydrogens (tertiary/aromatic N) is 2. The van der Waals surface area contributed by atoms with E-state index in [0.29, 0.717) is 19.0 Å². The smallest absolute Gasteiger partial charge is 0.279 e. The highest BCUT2D eigenvalue weighted by atomic mass is 32.2. The molecule has 1 atom stereocenters. The number of piperidine rings is 1. The van der Waals surface area contributed by atoms with Crippen LogP contribution in [0.4, 0.5) is 0 Å². The molecule has 1 aliphatic heterocycles. The van der Waals surface area contributed by atoms with Crippen molar-refractivity contribution in [3.05, 3.63) is 35.9 Å². The topological polar surface area (TPSA) is 72.9 Å². The standard InChI is InChI=1S/C17H29N3O3S/c1-19(13-16-7-3-2-4-8-16)24(22,23)18-10-6-12-20-11-5-9-17(14-20)15-21/h2-4,7-8,17-18,21H,5-6,9-15H2,1H3/t17-/m0/s1. The van der Waals surface area contributed by atoms with Crippen LogP contribution >= 0.6 is 0 Å². The van der Waals surface area contributed by atoms with Gasteiger partial charge in [0.15, 0.2) is 0 Å². The predicted octanol–water partition coefficient (Wildman–Crippen LogP) is 1.05. The number of hydrogen-bond donors (Lipinski definition) is 2. The van der Waals surface area contributed by atoms with Gasteiger partial charge in [0.2, 0.25) is 0 Å². The third kappa shape index (κ3) is 6.14. The molecule has 7 heteroatoms. The van der Waals surface area contributed by atoms with Gasteiger partial charge in [0.05, 0.1) is 0 Å². The van der Waals surface area contributed by atoms with Crippen molar-refractivity contribution in [1.29, 1.82) is 0 Å². The average molecular weight is 356 g/mol. The van der Waals surface area contributed by atoms with E-state index in [2.05, 4.69) is 9.62 Å². The molecular formula is C17H29N3O3S. The Hall–Kier alpha value is -0.990. The van der Waals surface area contributed by atoms with Crippen LogP contribution in [0.5, 0.6) is 0 Å². The number of rotatable bonds is 9. The molecule has 1 aromatic carbocycles. The molecule has 1 heterocycles. The summed E-state index contributed by atoms with van der Waals surface area (Å²) in [5.74, 6) is 0.368. The molecule has 2 rings (SSSR count). The third-order valence-electron chi connectivity index (χ3n) is 4.46. The average Bonchev–Trinajstić information content (AvgIpc) is 2.60. The maximum absolute atomic E-state index is 12.3. The van der Waals surface area contributed by atoms with Crippen LogP contribution in [0.2, 0.25) is 0 Å². The predicted molar refractivity (Wildman–Crippen MR) is 95.7 cm³/mol. The van der Waals surface area contributed by atoms with Gasteiger partial charge < -0.3 is 10.0 Å². The van der Waals surface area contributed by atoms with Crippen molar-refractivity contribution >= 4 is 10.2 Å². The van der Waals surface area contributed by atoms with Gasteiger partial charge in [-0.05, 0) is 43.8 Å². The van der Waals surface area contributed by atoms with Gasteiger partial charge in [0.1, 0.15) is 0 Å². The summed E-state index contributed by atoms with van der Waals surface area (Å²) in [6, 6.07) is 9.56. The number of nitrogens with one attached hydrogen (secondary N) is 1. The van der Waals surface area contributed by atoms with E-state index >= 15 is 0 Å². The minimum absolute atomic E-state index is 0.243. The molecule has 1 aromatic rings. The molecule has 0 aromatic heterocycles. The fourth-order valence-corrected chi connectivity index (χ4v) is 3.98. The summed E-state index contributed by atoms with van der Waals surface area (Å²) in [6.45, 7) is 3.85. The largest absolute Gasteiger partial charge is 0.396 e. The van der Waals surface area contributed by atoms with E-state index in [9.17, 15) is 13.5 Å².